The van der Waals surface area contributed by atoms with Gasteiger partial charge < -0.3 is 15.4 Å². The lowest BCUT2D eigenvalue weighted by molar-refractivity contribution is 0.0527. The number of amides is 1. The van der Waals surface area contributed by atoms with Crippen molar-refractivity contribution in [3.8, 4) is 0 Å². The number of carbonyl (C=O) groups is 2. The van der Waals surface area contributed by atoms with Gasteiger partial charge in [0, 0.05) is 30.7 Å². The second-order valence-corrected chi connectivity index (χ2v) is 5.86. The quantitative estimate of drug-likeness (QED) is 0.613. The highest BCUT2D eigenvalue weighted by molar-refractivity contribution is 6.08. The second-order valence-electron chi connectivity index (χ2n) is 5.86. The first kappa shape index (κ1) is 19.0. The lowest BCUT2D eigenvalue weighted by Crippen LogP contribution is -2.16. The van der Waals surface area contributed by atoms with Crippen LogP contribution in [0.4, 0.5) is 11.5 Å². The van der Waals surface area contributed by atoms with Gasteiger partial charge in [0.1, 0.15) is 5.82 Å². The third-order valence-electron chi connectivity index (χ3n) is 3.89. The van der Waals surface area contributed by atoms with Gasteiger partial charge in [-0.25, -0.2) is 9.78 Å². The van der Waals surface area contributed by atoms with E-state index in [4.69, 9.17) is 4.74 Å². The molecule has 0 aliphatic heterocycles. The van der Waals surface area contributed by atoms with Crippen LogP contribution < -0.4 is 10.6 Å². The number of esters is 1. The Morgan fingerprint density at radius 1 is 1.07 bits per heavy atom. The van der Waals surface area contributed by atoms with E-state index in [2.05, 4.69) is 20.6 Å². The van der Waals surface area contributed by atoms with Crippen molar-refractivity contribution in [2.24, 2.45) is 0 Å². The largest absolute Gasteiger partial charge is 0.462 e. The van der Waals surface area contributed by atoms with Gasteiger partial charge in [0.15, 0.2) is 0 Å². The van der Waals surface area contributed by atoms with Crippen molar-refractivity contribution < 1.29 is 14.3 Å². The van der Waals surface area contributed by atoms with Crippen molar-refractivity contribution in [1.29, 1.82) is 0 Å². The molecule has 3 aromatic rings. The molecular formula is C21H20N4O3. The van der Waals surface area contributed by atoms with E-state index in [9.17, 15) is 9.59 Å². The molecule has 1 amide bonds. The standard InChI is InChI=1S/C21H20N4O3/c1-2-28-21(27)17-7-3-4-8-18(17)25-20(26)16-9-11-23-19(12-16)24-14-15-6-5-10-22-13-15/h3-13H,2,14H2,1H3,(H,23,24)(H,25,26). The zero-order valence-corrected chi connectivity index (χ0v) is 15.4. The Balaban J connectivity index is 1.71. The average Bonchev–Trinajstić information content (AvgIpc) is 2.74. The molecule has 0 spiro atoms. The number of hydrogen-bond donors (Lipinski definition) is 2. The van der Waals surface area contributed by atoms with Crippen molar-refractivity contribution in [2.75, 3.05) is 17.2 Å². The van der Waals surface area contributed by atoms with Gasteiger partial charge >= 0.3 is 5.97 Å². The van der Waals surface area contributed by atoms with E-state index in [0.29, 0.717) is 29.2 Å². The van der Waals surface area contributed by atoms with Crippen LogP contribution >= 0.6 is 0 Å². The van der Waals surface area contributed by atoms with Gasteiger partial charge in [-0.2, -0.15) is 0 Å². The molecule has 1 aromatic carbocycles. The Hall–Kier alpha value is -3.74. The van der Waals surface area contributed by atoms with Gasteiger partial charge in [0.25, 0.3) is 5.91 Å². The van der Waals surface area contributed by atoms with Crippen LogP contribution in [0.3, 0.4) is 0 Å². The summed E-state index contributed by atoms with van der Waals surface area (Å²) in [6.07, 6.45) is 5.02. The first-order valence-corrected chi connectivity index (χ1v) is 8.83. The molecule has 0 saturated heterocycles. The number of aromatic nitrogens is 2. The van der Waals surface area contributed by atoms with Crippen LogP contribution in [-0.2, 0) is 11.3 Å². The number of ether oxygens (including phenoxy) is 1. The van der Waals surface area contributed by atoms with Crippen LogP contribution in [0.5, 0.6) is 0 Å². The molecule has 28 heavy (non-hydrogen) atoms. The zero-order valence-electron chi connectivity index (χ0n) is 15.4. The average molecular weight is 376 g/mol. The first-order chi connectivity index (χ1) is 13.7. The van der Waals surface area contributed by atoms with Crippen LogP contribution in [0.25, 0.3) is 0 Å². The summed E-state index contributed by atoms with van der Waals surface area (Å²) in [5, 5.41) is 5.92. The molecule has 0 radical (unpaired) electrons. The Morgan fingerprint density at radius 3 is 2.71 bits per heavy atom. The van der Waals surface area contributed by atoms with Gasteiger partial charge in [-0.3, -0.25) is 9.78 Å². The molecule has 0 saturated carbocycles. The van der Waals surface area contributed by atoms with Crippen molar-refractivity contribution in [3.63, 3.8) is 0 Å². The summed E-state index contributed by atoms with van der Waals surface area (Å²) in [5.74, 6) is -0.259. The van der Waals surface area contributed by atoms with E-state index in [1.54, 1.807) is 61.9 Å². The Kier molecular flexibility index (Phi) is 6.30. The highest BCUT2D eigenvalue weighted by atomic mass is 16.5. The van der Waals surface area contributed by atoms with Crippen molar-refractivity contribution in [3.05, 3.63) is 83.8 Å². The maximum Gasteiger partial charge on any atom is 0.340 e. The predicted molar refractivity (Wildman–Crippen MR) is 106 cm³/mol. The number of rotatable bonds is 7. The maximum atomic E-state index is 12.6. The summed E-state index contributed by atoms with van der Waals surface area (Å²) < 4.78 is 5.03. The van der Waals surface area contributed by atoms with E-state index in [1.807, 2.05) is 12.1 Å². The zero-order chi connectivity index (χ0) is 19.8. The third-order valence-corrected chi connectivity index (χ3v) is 3.89. The fourth-order valence-electron chi connectivity index (χ4n) is 2.54. The molecule has 0 aliphatic carbocycles. The summed E-state index contributed by atoms with van der Waals surface area (Å²) in [4.78, 5) is 33.0. The molecule has 0 unspecified atom stereocenters. The highest BCUT2D eigenvalue weighted by Crippen LogP contribution is 2.18. The predicted octanol–water partition coefficient (Wildman–Crippen LogP) is 3.52. The summed E-state index contributed by atoms with van der Waals surface area (Å²) >= 11 is 0. The van der Waals surface area contributed by atoms with Crippen LogP contribution in [0.15, 0.2) is 67.1 Å². The molecule has 0 fully saturated rings. The molecule has 0 bridgehead atoms. The number of nitrogens with zero attached hydrogens (tertiary/aromatic N) is 2. The number of pyridine rings is 2. The number of benzene rings is 1. The summed E-state index contributed by atoms with van der Waals surface area (Å²) in [6.45, 7) is 2.53. The Bertz CT molecular complexity index is 961. The fraction of sp³-hybridized carbons (Fsp3) is 0.143. The molecule has 7 nitrogen and oxygen atoms in total. The minimum Gasteiger partial charge on any atom is -0.462 e. The first-order valence-electron chi connectivity index (χ1n) is 8.83. The summed E-state index contributed by atoms with van der Waals surface area (Å²) in [5.41, 5.74) is 2.12. The van der Waals surface area contributed by atoms with Crippen molar-refractivity contribution in [1.82, 2.24) is 9.97 Å². The molecule has 142 valence electrons. The highest BCUT2D eigenvalue weighted by Gasteiger charge is 2.15. The minimum absolute atomic E-state index is 0.261. The number of hydrogen-bond acceptors (Lipinski definition) is 6. The Morgan fingerprint density at radius 2 is 1.93 bits per heavy atom. The maximum absolute atomic E-state index is 12.6. The van der Waals surface area contributed by atoms with Gasteiger partial charge in [-0.15, -0.1) is 0 Å². The number of para-hydroxylation sites is 1. The number of carbonyl (C=O) groups excluding carboxylic acids is 2. The van der Waals surface area contributed by atoms with E-state index >= 15 is 0 Å². The van der Waals surface area contributed by atoms with Crippen LogP contribution in [0.2, 0.25) is 0 Å². The lowest BCUT2D eigenvalue weighted by Gasteiger charge is -2.11. The van der Waals surface area contributed by atoms with Crippen LogP contribution in [0.1, 0.15) is 33.2 Å². The number of nitrogens with one attached hydrogen (secondary N) is 2. The molecule has 3 rings (SSSR count). The summed E-state index contributed by atoms with van der Waals surface area (Å²) in [7, 11) is 0. The molecular weight excluding hydrogens is 356 g/mol. The van der Waals surface area contributed by atoms with E-state index < -0.39 is 5.97 Å². The number of anilines is 2. The van der Waals surface area contributed by atoms with Gasteiger partial charge in [0.05, 0.1) is 17.9 Å². The Labute approximate surface area is 162 Å². The molecule has 2 heterocycles. The minimum atomic E-state index is -0.480. The molecule has 0 atom stereocenters. The fourth-order valence-corrected chi connectivity index (χ4v) is 2.54. The van der Waals surface area contributed by atoms with E-state index in [0.717, 1.165) is 5.56 Å². The van der Waals surface area contributed by atoms with Crippen molar-refractivity contribution in [2.45, 2.75) is 13.5 Å². The van der Waals surface area contributed by atoms with Crippen molar-refractivity contribution >= 4 is 23.4 Å². The molecule has 7 heteroatoms. The van der Waals surface area contributed by atoms with Crippen LogP contribution in [-0.4, -0.2) is 28.5 Å². The summed E-state index contributed by atoms with van der Waals surface area (Å²) in [6, 6.07) is 13.8. The molecule has 2 aromatic heterocycles. The lowest BCUT2D eigenvalue weighted by atomic mass is 10.1. The van der Waals surface area contributed by atoms with Gasteiger partial charge in [-0.1, -0.05) is 18.2 Å². The van der Waals surface area contributed by atoms with Gasteiger partial charge in [0.2, 0.25) is 0 Å². The van der Waals surface area contributed by atoms with Gasteiger partial charge in [-0.05, 0) is 42.8 Å². The molecule has 0 aliphatic rings. The normalized spacial score (nSPS) is 10.2. The third kappa shape index (κ3) is 4.91. The second kappa shape index (κ2) is 9.27. The molecule has 2 N–H and O–H groups in total. The van der Waals surface area contributed by atoms with Crippen LogP contribution in [0, 0.1) is 0 Å². The monoisotopic (exact) mass is 376 g/mol. The smallest absolute Gasteiger partial charge is 0.340 e. The van der Waals surface area contributed by atoms with E-state index in [1.165, 1.54) is 0 Å². The topological polar surface area (TPSA) is 93.2 Å². The van der Waals surface area contributed by atoms with E-state index in [-0.39, 0.29) is 12.5 Å². The SMILES string of the molecule is CCOC(=O)c1ccccc1NC(=O)c1ccnc(NCc2cccnc2)c1.